The van der Waals surface area contributed by atoms with Gasteiger partial charge in [0.15, 0.2) is 11.5 Å². The summed E-state index contributed by atoms with van der Waals surface area (Å²) in [6.07, 6.45) is 1.49. The van der Waals surface area contributed by atoms with Crippen LogP contribution in [0.15, 0.2) is 71.8 Å². The number of esters is 1. The van der Waals surface area contributed by atoms with Gasteiger partial charge in [-0.15, -0.1) is 0 Å². The number of aryl methyl sites for hydroxylation is 1. The van der Waals surface area contributed by atoms with Gasteiger partial charge < -0.3 is 14.2 Å². The van der Waals surface area contributed by atoms with Crippen LogP contribution in [0.2, 0.25) is 0 Å². The minimum Gasteiger partial charge on any atom is -0.497 e. The number of hydrazone groups is 1. The molecule has 3 aromatic rings. The van der Waals surface area contributed by atoms with E-state index in [1.807, 2.05) is 26.0 Å². The molecule has 3 aromatic carbocycles. The van der Waals surface area contributed by atoms with Crippen LogP contribution < -0.4 is 19.6 Å². The second-order valence-electron chi connectivity index (χ2n) is 6.77. The van der Waals surface area contributed by atoms with Crippen LogP contribution in [-0.2, 0) is 0 Å². The molecular formula is C25H24N2O5. The quantitative estimate of drug-likeness (QED) is 0.247. The predicted molar refractivity (Wildman–Crippen MR) is 122 cm³/mol. The van der Waals surface area contributed by atoms with Crippen LogP contribution in [0.1, 0.15) is 38.8 Å². The number of nitrogens with zero attached hydrogens (tertiary/aromatic N) is 1. The molecule has 0 unspecified atom stereocenters. The van der Waals surface area contributed by atoms with Gasteiger partial charge in [-0.05, 0) is 73.5 Å². The Bertz CT molecular complexity index is 1120. The zero-order valence-electron chi connectivity index (χ0n) is 18.1. The zero-order chi connectivity index (χ0) is 22.9. The van der Waals surface area contributed by atoms with Gasteiger partial charge >= 0.3 is 5.97 Å². The van der Waals surface area contributed by atoms with Crippen LogP contribution >= 0.6 is 0 Å². The number of carbonyl (C=O) groups excluding carboxylic acids is 2. The highest BCUT2D eigenvalue weighted by Crippen LogP contribution is 2.29. The maximum Gasteiger partial charge on any atom is 0.343 e. The number of amides is 1. The van der Waals surface area contributed by atoms with Gasteiger partial charge in [-0.3, -0.25) is 4.79 Å². The molecule has 0 radical (unpaired) electrons. The highest BCUT2D eigenvalue weighted by atomic mass is 16.6. The summed E-state index contributed by atoms with van der Waals surface area (Å²) < 4.78 is 16.2. The topological polar surface area (TPSA) is 86.2 Å². The van der Waals surface area contributed by atoms with Crippen LogP contribution in [-0.4, -0.2) is 31.8 Å². The molecule has 0 fully saturated rings. The molecule has 0 atom stereocenters. The molecule has 32 heavy (non-hydrogen) atoms. The van der Waals surface area contributed by atoms with Crippen molar-refractivity contribution in [2.24, 2.45) is 5.10 Å². The summed E-state index contributed by atoms with van der Waals surface area (Å²) in [6, 6.07) is 18.9. The largest absolute Gasteiger partial charge is 0.497 e. The summed E-state index contributed by atoms with van der Waals surface area (Å²) in [6.45, 7) is 4.08. The molecule has 0 aliphatic rings. The first kappa shape index (κ1) is 22.6. The van der Waals surface area contributed by atoms with Gasteiger partial charge in [0.2, 0.25) is 0 Å². The third-order valence-electron chi connectivity index (χ3n) is 4.57. The van der Waals surface area contributed by atoms with Gasteiger partial charge in [0.1, 0.15) is 5.75 Å². The Morgan fingerprint density at radius 3 is 2.44 bits per heavy atom. The number of hydrogen-bond acceptors (Lipinski definition) is 6. The van der Waals surface area contributed by atoms with Crippen LogP contribution in [0, 0.1) is 6.92 Å². The number of nitrogens with one attached hydrogen (secondary N) is 1. The summed E-state index contributed by atoms with van der Waals surface area (Å²) in [5, 5.41) is 4.02. The lowest BCUT2D eigenvalue weighted by atomic mass is 10.1. The summed E-state index contributed by atoms with van der Waals surface area (Å²) in [5.41, 5.74) is 4.99. The van der Waals surface area contributed by atoms with E-state index in [4.69, 9.17) is 14.2 Å². The number of hydrogen-bond donors (Lipinski definition) is 1. The normalized spacial score (nSPS) is 10.6. The standard InChI is InChI=1S/C25H24N2O5/c1-4-31-23-15-18(16-26-27-24(28)21-8-6-5-7-17(21)2)9-14-22(23)32-25(29)19-10-12-20(30-3)13-11-19/h5-16H,4H2,1-3H3,(H,27,28)/b26-16+. The van der Waals surface area contributed by atoms with E-state index < -0.39 is 5.97 Å². The van der Waals surface area contributed by atoms with E-state index in [9.17, 15) is 9.59 Å². The van der Waals surface area contributed by atoms with Gasteiger partial charge in [-0.25, -0.2) is 10.2 Å². The predicted octanol–water partition coefficient (Wildman–Crippen LogP) is 4.39. The molecule has 0 heterocycles. The second kappa shape index (κ2) is 10.8. The molecule has 7 heteroatoms. The highest BCUT2D eigenvalue weighted by molar-refractivity contribution is 5.96. The minimum absolute atomic E-state index is 0.286. The summed E-state index contributed by atoms with van der Waals surface area (Å²) in [4.78, 5) is 24.7. The number of methoxy groups -OCH3 is 1. The van der Waals surface area contributed by atoms with E-state index in [1.165, 1.54) is 6.21 Å². The Balaban J connectivity index is 1.70. The van der Waals surface area contributed by atoms with Gasteiger partial charge in [0.25, 0.3) is 5.91 Å². The zero-order valence-corrected chi connectivity index (χ0v) is 18.1. The smallest absolute Gasteiger partial charge is 0.343 e. The van der Waals surface area contributed by atoms with E-state index in [-0.39, 0.29) is 11.7 Å². The number of ether oxygens (including phenoxy) is 3. The summed E-state index contributed by atoms with van der Waals surface area (Å²) in [5.74, 6) is 0.516. The molecule has 0 aliphatic heterocycles. The van der Waals surface area contributed by atoms with Crippen molar-refractivity contribution >= 4 is 18.1 Å². The number of benzene rings is 3. The first-order valence-electron chi connectivity index (χ1n) is 10.0. The van der Waals surface area contributed by atoms with Crippen LogP contribution in [0.4, 0.5) is 0 Å². The monoisotopic (exact) mass is 432 g/mol. The van der Waals surface area contributed by atoms with E-state index in [1.54, 1.807) is 61.7 Å². The molecule has 3 rings (SSSR count). The first-order valence-corrected chi connectivity index (χ1v) is 10.0. The van der Waals surface area contributed by atoms with Crippen molar-refractivity contribution in [1.82, 2.24) is 5.43 Å². The van der Waals surface area contributed by atoms with Crippen molar-refractivity contribution in [3.63, 3.8) is 0 Å². The Morgan fingerprint density at radius 1 is 1.00 bits per heavy atom. The molecular weight excluding hydrogens is 408 g/mol. The van der Waals surface area contributed by atoms with Crippen molar-refractivity contribution in [2.45, 2.75) is 13.8 Å². The lowest BCUT2D eigenvalue weighted by molar-refractivity contribution is 0.0728. The van der Waals surface area contributed by atoms with E-state index in [0.29, 0.717) is 34.8 Å². The van der Waals surface area contributed by atoms with Crippen molar-refractivity contribution in [3.8, 4) is 17.2 Å². The van der Waals surface area contributed by atoms with Gasteiger partial charge in [0.05, 0.1) is 25.5 Å². The summed E-state index contributed by atoms with van der Waals surface area (Å²) >= 11 is 0. The molecule has 0 saturated heterocycles. The highest BCUT2D eigenvalue weighted by Gasteiger charge is 2.13. The van der Waals surface area contributed by atoms with E-state index >= 15 is 0 Å². The Kier molecular flexibility index (Phi) is 7.59. The average Bonchev–Trinajstić information content (AvgIpc) is 2.81. The Morgan fingerprint density at radius 2 is 1.75 bits per heavy atom. The summed E-state index contributed by atoms with van der Waals surface area (Å²) in [7, 11) is 1.56. The fraction of sp³-hybridized carbons (Fsp3) is 0.160. The lowest BCUT2D eigenvalue weighted by Crippen LogP contribution is -2.18. The molecule has 0 saturated carbocycles. The molecule has 0 bridgehead atoms. The SMILES string of the molecule is CCOc1cc(/C=N/NC(=O)c2ccccc2C)ccc1OC(=O)c1ccc(OC)cc1. The van der Waals surface area contributed by atoms with Crippen molar-refractivity contribution in [3.05, 3.63) is 89.0 Å². The third kappa shape index (κ3) is 5.72. The van der Waals surface area contributed by atoms with E-state index in [2.05, 4.69) is 10.5 Å². The Hall–Kier alpha value is -4.13. The maximum atomic E-state index is 12.5. The lowest BCUT2D eigenvalue weighted by Gasteiger charge is -2.11. The fourth-order valence-corrected chi connectivity index (χ4v) is 2.90. The first-order chi connectivity index (χ1) is 15.5. The maximum absolute atomic E-state index is 12.5. The van der Waals surface area contributed by atoms with Crippen molar-refractivity contribution in [1.29, 1.82) is 0 Å². The van der Waals surface area contributed by atoms with Gasteiger partial charge in [0, 0.05) is 5.56 Å². The van der Waals surface area contributed by atoms with Crippen molar-refractivity contribution in [2.75, 3.05) is 13.7 Å². The van der Waals surface area contributed by atoms with Crippen LogP contribution in [0.3, 0.4) is 0 Å². The molecule has 164 valence electrons. The minimum atomic E-state index is -0.513. The third-order valence-corrected chi connectivity index (χ3v) is 4.57. The van der Waals surface area contributed by atoms with E-state index in [0.717, 1.165) is 5.56 Å². The van der Waals surface area contributed by atoms with Crippen LogP contribution in [0.25, 0.3) is 0 Å². The molecule has 1 N–H and O–H groups in total. The fourth-order valence-electron chi connectivity index (χ4n) is 2.90. The molecule has 1 amide bonds. The Labute approximate surface area is 186 Å². The van der Waals surface area contributed by atoms with Gasteiger partial charge in [-0.1, -0.05) is 18.2 Å². The number of rotatable bonds is 8. The van der Waals surface area contributed by atoms with Gasteiger partial charge in [-0.2, -0.15) is 5.10 Å². The van der Waals surface area contributed by atoms with Crippen molar-refractivity contribution < 1.29 is 23.8 Å². The molecule has 0 spiro atoms. The molecule has 0 aromatic heterocycles. The second-order valence-corrected chi connectivity index (χ2v) is 6.77. The van der Waals surface area contributed by atoms with Crippen LogP contribution in [0.5, 0.6) is 17.2 Å². The average molecular weight is 432 g/mol. The molecule has 7 nitrogen and oxygen atoms in total. The number of carbonyl (C=O) groups is 2. The molecule has 0 aliphatic carbocycles.